The lowest BCUT2D eigenvalue weighted by molar-refractivity contribution is -0.394. The minimum atomic E-state index is -0.776. The number of hydrogen-bond acceptors (Lipinski definition) is 11. The van der Waals surface area contributed by atoms with Gasteiger partial charge in [0.05, 0.1) is 51.5 Å². The van der Waals surface area contributed by atoms with E-state index in [2.05, 4.69) is 4.99 Å². The van der Waals surface area contributed by atoms with E-state index in [0.717, 1.165) is 40.7 Å². The molecular formula is C31H26N4O9S. The van der Waals surface area contributed by atoms with Gasteiger partial charge in [-0.25, -0.2) is 9.79 Å². The molecule has 4 aromatic rings. The highest BCUT2D eigenvalue weighted by Gasteiger charge is 2.33. The molecule has 1 aliphatic heterocycles. The molecule has 13 nitrogen and oxygen atoms in total. The maximum Gasteiger partial charge on any atom is 0.338 e. The molecule has 0 unspecified atom stereocenters. The minimum absolute atomic E-state index is 0.113. The van der Waals surface area contributed by atoms with Gasteiger partial charge in [-0.3, -0.25) is 29.6 Å². The number of aromatic nitrogens is 1. The zero-order valence-electron chi connectivity index (χ0n) is 24.5. The number of thiazole rings is 1. The molecule has 0 N–H and O–H groups in total. The summed E-state index contributed by atoms with van der Waals surface area (Å²) in [7, 11) is 1.38. The van der Waals surface area contributed by atoms with E-state index in [4.69, 9.17) is 14.2 Å². The highest BCUT2D eigenvalue weighted by Crippen LogP contribution is 2.38. The second-order valence-electron chi connectivity index (χ2n) is 9.89. The van der Waals surface area contributed by atoms with E-state index in [1.807, 2.05) is 31.2 Å². The van der Waals surface area contributed by atoms with Gasteiger partial charge in [-0.1, -0.05) is 47.2 Å². The fourth-order valence-electron chi connectivity index (χ4n) is 4.83. The average molecular weight is 631 g/mol. The predicted octanol–water partition coefficient (Wildman–Crippen LogP) is 4.72. The summed E-state index contributed by atoms with van der Waals surface area (Å²) in [6.07, 6.45) is 1.64. The van der Waals surface area contributed by atoms with Crippen LogP contribution in [0.25, 0.3) is 6.08 Å². The van der Waals surface area contributed by atoms with E-state index in [0.29, 0.717) is 20.6 Å². The smallest absolute Gasteiger partial charge is 0.338 e. The number of hydrogen-bond donors (Lipinski definition) is 0. The number of methoxy groups -OCH3 is 1. The summed E-state index contributed by atoms with van der Waals surface area (Å²) in [5, 5.41) is 22.6. The monoisotopic (exact) mass is 630 g/mol. The summed E-state index contributed by atoms with van der Waals surface area (Å²) in [6, 6.07) is 14.6. The van der Waals surface area contributed by atoms with Crippen LogP contribution in [0, 0.1) is 27.2 Å². The van der Waals surface area contributed by atoms with Crippen LogP contribution in [0.5, 0.6) is 17.2 Å². The predicted molar refractivity (Wildman–Crippen MR) is 164 cm³/mol. The standard InChI is InChI=1S/C31H26N4O9S/c1-5-43-30(37)27-18(3)32-31-33(28(27)20-9-6-17(2)7-10-20)29(36)26(45-31)15-19-8-12-24(25(14-19)42-4)44-23-13-11-21(34(38)39)16-22(23)35(40)41/h6-16,28H,5H2,1-4H3/b26-15-/t28-/m1/s1. The number of non-ortho nitro benzene ring substituents is 1. The van der Waals surface area contributed by atoms with Crippen molar-refractivity contribution >= 4 is 34.8 Å². The van der Waals surface area contributed by atoms with E-state index in [1.54, 1.807) is 32.1 Å². The Morgan fingerprint density at radius 2 is 1.71 bits per heavy atom. The molecule has 1 aromatic heterocycles. The van der Waals surface area contributed by atoms with Crippen molar-refractivity contribution in [1.29, 1.82) is 0 Å². The molecule has 230 valence electrons. The molecule has 45 heavy (non-hydrogen) atoms. The highest BCUT2D eigenvalue weighted by molar-refractivity contribution is 7.07. The number of carbonyl (C=O) groups excluding carboxylic acids is 1. The number of ether oxygens (including phenoxy) is 3. The Morgan fingerprint density at radius 3 is 2.36 bits per heavy atom. The third-order valence-electron chi connectivity index (χ3n) is 6.97. The first kappa shape index (κ1) is 30.8. The Labute approximate surface area is 259 Å². The third kappa shape index (κ3) is 6.08. The Bertz CT molecular complexity index is 2060. The normalized spacial score (nSPS) is 14.4. The molecule has 0 radical (unpaired) electrons. The zero-order chi connectivity index (χ0) is 32.4. The fourth-order valence-corrected chi connectivity index (χ4v) is 5.88. The SMILES string of the molecule is CCOC(=O)C1=C(C)N=c2s/c(=C\c3ccc(Oc4ccc([N+](=O)[O-])cc4[N+](=O)[O-])c(OC)c3)c(=O)n2[C@@H]1c1ccc(C)cc1. The second kappa shape index (κ2) is 12.5. The number of esters is 1. The largest absolute Gasteiger partial charge is 0.493 e. The van der Waals surface area contributed by atoms with Crippen molar-refractivity contribution in [1.82, 2.24) is 4.57 Å². The van der Waals surface area contributed by atoms with E-state index in [9.17, 15) is 29.8 Å². The van der Waals surface area contributed by atoms with Crippen LogP contribution in [0.4, 0.5) is 11.4 Å². The van der Waals surface area contributed by atoms with Gasteiger partial charge in [-0.05, 0) is 56.2 Å². The Hall–Kier alpha value is -5.63. The number of nitrogens with zero attached hydrogens (tertiary/aromatic N) is 4. The van der Waals surface area contributed by atoms with Crippen LogP contribution in [0.15, 0.2) is 81.7 Å². The van der Waals surface area contributed by atoms with Gasteiger partial charge in [-0.15, -0.1) is 0 Å². The molecule has 0 amide bonds. The van der Waals surface area contributed by atoms with Crippen molar-refractivity contribution in [3.05, 3.63) is 129 Å². The van der Waals surface area contributed by atoms with Crippen LogP contribution in [0.2, 0.25) is 0 Å². The number of fused-ring (bicyclic) bond motifs is 1. The summed E-state index contributed by atoms with van der Waals surface area (Å²) in [5.41, 5.74) is 1.64. The molecule has 1 aliphatic rings. The van der Waals surface area contributed by atoms with Gasteiger partial charge in [-0.2, -0.15) is 0 Å². The molecule has 3 aromatic carbocycles. The molecule has 14 heteroatoms. The van der Waals surface area contributed by atoms with Crippen molar-refractivity contribution < 1.29 is 28.9 Å². The van der Waals surface area contributed by atoms with Crippen LogP contribution < -0.4 is 24.4 Å². The first-order chi connectivity index (χ1) is 21.5. The van der Waals surface area contributed by atoms with Gasteiger partial charge < -0.3 is 14.2 Å². The second-order valence-corrected chi connectivity index (χ2v) is 10.9. The van der Waals surface area contributed by atoms with Gasteiger partial charge in [0.1, 0.15) is 0 Å². The third-order valence-corrected chi connectivity index (χ3v) is 7.95. The molecule has 0 spiro atoms. The van der Waals surface area contributed by atoms with Crippen molar-refractivity contribution in [2.24, 2.45) is 4.99 Å². The Morgan fingerprint density at radius 1 is 1.00 bits per heavy atom. The van der Waals surface area contributed by atoms with Crippen LogP contribution in [0.1, 0.15) is 36.6 Å². The highest BCUT2D eigenvalue weighted by atomic mass is 32.1. The van der Waals surface area contributed by atoms with Gasteiger partial charge in [0.15, 0.2) is 16.3 Å². The molecule has 2 heterocycles. The van der Waals surface area contributed by atoms with E-state index >= 15 is 0 Å². The van der Waals surface area contributed by atoms with Crippen molar-refractivity contribution in [3.8, 4) is 17.2 Å². The van der Waals surface area contributed by atoms with Crippen LogP contribution in [-0.2, 0) is 9.53 Å². The quantitative estimate of drug-likeness (QED) is 0.144. The molecule has 5 rings (SSSR count). The van der Waals surface area contributed by atoms with Gasteiger partial charge in [0, 0.05) is 6.07 Å². The number of nitro benzene ring substituents is 2. The van der Waals surface area contributed by atoms with E-state index < -0.39 is 33.2 Å². The van der Waals surface area contributed by atoms with E-state index in [-0.39, 0.29) is 35.0 Å². The van der Waals surface area contributed by atoms with Crippen molar-refractivity contribution in [2.75, 3.05) is 13.7 Å². The first-order valence-electron chi connectivity index (χ1n) is 13.6. The summed E-state index contributed by atoms with van der Waals surface area (Å²) < 4.78 is 18.3. The lowest BCUT2D eigenvalue weighted by atomic mass is 9.95. The topological polar surface area (TPSA) is 165 Å². The average Bonchev–Trinajstić information content (AvgIpc) is 3.31. The maximum absolute atomic E-state index is 13.9. The summed E-state index contributed by atoms with van der Waals surface area (Å²) in [6.45, 7) is 5.53. The number of benzene rings is 3. The Balaban J connectivity index is 1.57. The number of nitro groups is 2. The minimum Gasteiger partial charge on any atom is -0.493 e. The molecule has 0 fully saturated rings. The lowest BCUT2D eigenvalue weighted by Crippen LogP contribution is -2.39. The van der Waals surface area contributed by atoms with Crippen LogP contribution >= 0.6 is 11.3 Å². The van der Waals surface area contributed by atoms with Gasteiger partial charge in [0.25, 0.3) is 11.2 Å². The molecule has 1 atom stereocenters. The zero-order valence-corrected chi connectivity index (χ0v) is 25.3. The fraction of sp³-hybridized carbons (Fsp3) is 0.194. The number of rotatable bonds is 9. The molecular weight excluding hydrogens is 604 g/mol. The number of carbonyl (C=O) groups is 1. The molecule has 0 bridgehead atoms. The van der Waals surface area contributed by atoms with Crippen molar-refractivity contribution in [3.63, 3.8) is 0 Å². The number of aryl methyl sites for hydroxylation is 1. The summed E-state index contributed by atoms with van der Waals surface area (Å²) in [5.74, 6) is -0.453. The molecule has 0 saturated heterocycles. The summed E-state index contributed by atoms with van der Waals surface area (Å²) >= 11 is 1.16. The van der Waals surface area contributed by atoms with Gasteiger partial charge >= 0.3 is 11.7 Å². The Kier molecular flexibility index (Phi) is 8.59. The van der Waals surface area contributed by atoms with E-state index in [1.165, 1.54) is 17.7 Å². The van der Waals surface area contributed by atoms with Crippen LogP contribution in [0.3, 0.4) is 0 Å². The van der Waals surface area contributed by atoms with Gasteiger partial charge in [0.2, 0.25) is 5.75 Å². The molecule has 0 saturated carbocycles. The number of allylic oxidation sites excluding steroid dienone is 1. The molecule has 0 aliphatic carbocycles. The maximum atomic E-state index is 13.9. The lowest BCUT2D eigenvalue weighted by Gasteiger charge is -2.24. The van der Waals surface area contributed by atoms with Crippen molar-refractivity contribution in [2.45, 2.75) is 26.8 Å². The first-order valence-corrected chi connectivity index (χ1v) is 14.4. The summed E-state index contributed by atoms with van der Waals surface area (Å²) in [4.78, 5) is 53.1. The van der Waals surface area contributed by atoms with Crippen LogP contribution in [-0.4, -0.2) is 34.1 Å².